The van der Waals surface area contributed by atoms with Gasteiger partial charge in [0.15, 0.2) is 23.9 Å². The highest BCUT2D eigenvalue weighted by molar-refractivity contribution is 6.00. The molecule has 0 amide bonds. The number of Topliss-reactive ketones (excluding diaryl/α,β-unsaturated/α-hetero) is 1. The number of carbonyl (C=O) groups is 2. The summed E-state index contributed by atoms with van der Waals surface area (Å²) < 4.78 is 15.5. The number of hydrogen-bond donors (Lipinski definition) is 0. The molecule has 9 heteroatoms. The minimum Gasteiger partial charge on any atom is -0.454 e. The van der Waals surface area contributed by atoms with Crippen LogP contribution in [0.25, 0.3) is 0 Å². The number of nitro benzene ring substituents is 1. The van der Waals surface area contributed by atoms with Gasteiger partial charge in [0.25, 0.3) is 5.69 Å². The highest BCUT2D eigenvalue weighted by atomic mass is 16.7. The molecule has 1 atom stereocenters. The Morgan fingerprint density at radius 3 is 2.71 bits per heavy atom. The number of anilines is 1. The second-order valence-corrected chi connectivity index (χ2v) is 7.72. The van der Waals surface area contributed by atoms with Crippen molar-refractivity contribution < 1.29 is 28.7 Å². The van der Waals surface area contributed by atoms with Crippen LogP contribution >= 0.6 is 0 Å². The Morgan fingerprint density at radius 2 is 1.94 bits per heavy atom. The number of nitro groups is 1. The first-order chi connectivity index (χ1) is 14.9. The second kappa shape index (κ2) is 8.63. The highest BCUT2D eigenvalue weighted by Gasteiger charge is 2.26. The molecule has 0 aromatic heterocycles. The summed E-state index contributed by atoms with van der Waals surface area (Å²) in [5.41, 5.74) is 0.687. The van der Waals surface area contributed by atoms with Crippen LogP contribution in [0.3, 0.4) is 0 Å². The van der Waals surface area contributed by atoms with E-state index in [0.29, 0.717) is 28.7 Å². The van der Waals surface area contributed by atoms with Gasteiger partial charge in [0.05, 0.1) is 10.5 Å². The molecule has 162 valence electrons. The molecule has 0 bridgehead atoms. The molecule has 4 rings (SSSR count). The summed E-state index contributed by atoms with van der Waals surface area (Å²) >= 11 is 0. The first kappa shape index (κ1) is 20.6. The molecule has 2 aliphatic heterocycles. The lowest BCUT2D eigenvalue weighted by atomic mass is 9.99. The van der Waals surface area contributed by atoms with E-state index in [4.69, 9.17) is 14.2 Å². The van der Waals surface area contributed by atoms with Gasteiger partial charge in [-0.1, -0.05) is 6.92 Å². The van der Waals surface area contributed by atoms with E-state index < -0.39 is 23.3 Å². The van der Waals surface area contributed by atoms with Crippen molar-refractivity contribution in [2.75, 3.05) is 31.4 Å². The monoisotopic (exact) mass is 426 g/mol. The van der Waals surface area contributed by atoms with Gasteiger partial charge in [-0.3, -0.25) is 14.9 Å². The molecule has 0 aliphatic carbocycles. The van der Waals surface area contributed by atoms with Crippen molar-refractivity contribution in [2.45, 2.75) is 19.8 Å². The summed E-state index contributed by atoms with van der Waals surface area (Å²) in [6, 6.07) is 8.98. The molecule has 2 aromatic rings. The van der Waals surface area contributed by atoms with Gasteiger partial charge in [-0.05, 0) is 49.1 Å². The maximum absolute atomic E-state index is 12.4. The fourth-order valence-corrected chi connectivity index (χ4v) is 3.84. The molecule has 2 heterocycles. The zero-order valence-electron chi connectivity index (χ0n) is 17.0. The summed E-state index contributed by atoms with van der Waals surface area (Å²) in [5.74, 6) is 0.232. The molecule has 0 spiro atoms. The molecular weight excluding hydrogens is 404 g/mol. The third-order valence-electron chi connectivity index (χ3n) is 5.43. The van der Waals surface area contributed by atoms with E-state index in [2.05, 4.69) is 6.92 Å². The normalized spacial score (nSPS) is 17.3. The number of ketones is 1. The van der Waals surface area contributed by atoms with E-state index in [1.165, 1.54) is 18.2 Å². The van der Waals surface area contributed by atoms with Crippen molar-refractivity contribution in [3.8, 4) is 11.5 Å². The molecule has 2 aromatic carbocycles. The van der Waals surface area contributed by atoms with Crippen molar-refractivity contribution in [2.24, 2.45) is 5.92 Å². The zero-order chi connectivity index (χ0) is 22.0. The molecule has 0 radical (unpaired) electrons. The number of benzene rings is 2. The van der Waals surface area contributed by atoms with E-state index in [1.807, 2.05) is 4.90 Å². The van der Waals surface area contributed by atoms with E-state index >= 15 is 0 Å². The largest absolute Gasteiger partial charge is 0.454 e. The van der Waals surface area contributed by atoms with Gasteiger partial charge in [0, 0.05) is 24.7 Å². The number of rotatable bonds is 6. The molecule has 0 unspecified atom stereocenters. The number of ether oxygens (including phenoxy) is 3. The van der Waals surface area contributed by atoms with Crippen molar-refractivity contribution in [1.82, 2.24) is 0 Å². The smallest absolute Gasteiger partial charge is 0.338 e. The predicted octanol–water partition coefficient (Wildman–Crippen LogP) is 3.60. The topological polar surface area (TPSA) is 108 Å². The van der Waals surface area contributed by atoms with Crippen molar-refractivity contribution >= 4 is 23.1 Å². The van der Waals surface area contributed by atoms with E-state index in [9.17, 15) is 19.7 Å². The van der Waals surface area contributed by atoms with Crippen molar-refractivity contribution in [1.29, 1.82) is 0 Å². The summed E-state index contributed by atoms with van der Waals surface area (Å²) in [7, 11) is 0. The Hall–Kier alpha value is -3.62. The Labute approximate surface area is 178 Å². The summed E-state index contributed by atoms with van der Waals surface area (Å²) in [5, 5.41) is 11.6. The standard InChI is InChI=1S/C22H22N2O7/c1-14-3-2-8-23(11-14)17-6-4-16(9-18(17)24(27)28)22(26)29-12-19(25)15-5-7-20-21(10-15)31-13-30-20/h4-7,9-10,14H,2-3,8,11-13H2,1H3/t14-/m1/s1. The number of carbonyl (C=O) groups excluding carboxylic acids is 2. The summed E-state index contributed by atoms with van der Waals surface area (Å²) in [6.45, 7) is 3.18. The lowest BCUT2D eigenvalue weighted by Crippen LogP contribution is -2.34. The minimum absolute atomic E-state index is 0.0268. The van der Waals surface area contributed by atoms with Gasteiger partial charge < -0.3 is 19.1 Å². The Morgan fingerprint density at radius 1 is 1.16 bits per heavy atom. The third kappa shape index (κ3) is 4.45. The first-order valence-electron chi connectivity index (χ1n) is 10.1. The zero-order valence-corrected chi connectivity index (χ0v) is 17.0. The number of esters is 1. The Bertz CT molecular complexity index is 1040. The molecule has 1 saturated heterocycles. The van der Waals surface area contributed by atoms with Gasteiger partial charge in [-0.25, -0.2) is 4.79 Å². The summed E-state index contributed by atoms with van der Waals surface area (Å²) in [6.07, 6.45) is 2.05. The lowest BCUT2D eigenvalue weighted by molar-refractivity contribution is -0.384. The molecule has 0 saturated carbocycles. The first-order valence-corrected chi connectivity index (χ1v) is 10.1. The molecule has 1 fully saturated rings. The quantitative estimate of drug-likeness (QED) is 0.298. The average Bonchev–Trinajstić information content (AvgIpc) is 3.24. The summed E-state index contributed by atoms with van der Waals surface area (Å²) in [4.78, 5) is 37.9. The van der Waals surface area contributed by atoms with Gasteiger partial charge in [0.2, 0.25) is 6.79 Å². The number of fused-ring (bicyclic) bond motifs is 1. The number of piperidine rings is 1. The number of hydrogen-bond acceptors (Lipinski definition) is 8. The van der Waals surface area contributed by atoms with Crippen LogP contribution in [0.2, 0.25) is 0 Å². The Balaban J connectivity index is 1.45. The predicted molar refractivity (Wildman–Crippen MR) is 111 cm³/mol. The molecule has 9 nitrogen and oxygen atoms in total. The Kier molecular flexibility index (Phi) is 5.75. The fourth-order valence-electron chi connectivity index (χ4n) is 3.84. The molecule has 2 aliphatic rings. The maximum Gasteiger partial charge on any atom is 0.338 e. The highest BCUT2D eigenvalue weighted by Crippen LogP contribution is 2.34. The minimum atomic E-state index is -0.796. The fraction of sp³-hybridized carbons (Fsp3) is 0.364. The van der Waals surface area contributed by atoms with Gasteiger partial charge in [-0.2, -0.15) is 0 Å². The van der Waals surface area contributed by atoms with Gasteiger partial charge >= 0.3 is 5.97 Å². The van der Waals surface area contributed by atoms with Crippen LogP contribution in [0.5, 0.6) is 11.5 Å². The molecular formula is C22H22N2O7. The van der Waals surface area contributed by atoms with Crippen LogP contribution in [0.4, 0.5) is 11.4 Å². The maximum atomic E-state index is 12.4. The third-order valence-corrected chi connectivity index (χ3v) is 5.43. The van der Waals surface area contributed by atoms with Crippen LogP contribution in [-0.4, -0.2) is 43.2 Å². The molecule has 31 heavy (non-hydrogen) atoms. The lowest BCUT2D eigenvalue weighted by Gasteiger charge is -2.32. The van der Waals surface area contributed by atoms with Crippen LogP contribution in [0, 0.1) is 16.0 Å². The van der Waals surface area contributed by atoms with Crippen LogP contribution in [0.1, 0.15) is 40.5 Å². The molecule has 0 N–H and O–H groups in total. The second-order valence-electron chi connectivity index (χ2n) is 7.72. The van der Waals surface area contributed by atoms with Gasteiger partial charge in [-0.15, -0.1) is 0 Å². The SMILES string of the molecule is C[C@@H]1CCCN(c2ccc(C(=O)OCC(=O)c3ccc4c(c3)OCO4)cc2[N+](=O)[O-])C1. The van der Waals surface area contributed by atoms with E-state index in [-0.39, 0.29) is 18.0 Å². The van der Waals surface area contributed by atoms with Crippen LogP contribution in [-0.2, 0) is 4.74 Å². The van der Waals surface area contributed by atoms with Crippen LogP contribution in [0.15, 0.2) is 36.4 Å². The van der Waals surface area contributed by atoms with Crippen LogP contribution < -0.4 is 14.4 Å². The van der Waals surface area contributed by atoms with E-state index in [1.54, 1.807) is 18.2 Å². The van der Waals surface area contributed by atoms with E-state index in [0.717, 1.165) is 25.9 Å². The van der Waals surface area contributed by atoms with Crippen molar-refractivity contribution in [3.05, 3.63) is 57.6 Å². The van der Waals surface area contributed by atoms with Crippen molar-refractivity contribution in [3.63, 3.8) is 0 Å². The number of nitrogens with zero attached hydrogens (tertiary/aromatic N) is 2. The van der Waals surface area contributed by atoms with Gasteiger partial charge in [0.1, 0.15) is 5.69 Å². The average molecular weight is 426 g/mol.